The summed E-state index contributed by atoms with van der Waals surface area (Å²) in [5, 5.41) is 0. The molecule has 0 aliphatic rings. The fourth-order valence-electron chi connectivity index (χ4n) is 2.06. The molecule has 0 aliphatic heterocycles. The van der Waals surface area contributed by atoms with Gasteiger partial charge in [0, 0.05) is 32.5 Å². The van der Waals surface area contributed by atoms with Crippen LogP contribution in [0, 0.1) is 17.0 Å². The summed E-state index contributed by atoms with van der Waals surface area (Å²) in [6.45, 7) is 4.79. The first-order valence-electron chi connectivity index (χ1n) is 7.08. The number of hydrogen-bond donors (Lipinski definition) is 1. The van der Waals surface area contributed by atoms with Crippen molar-refractivity contribution in [3.8, 4) is 0 Å². The molecule has 1 aromatic carbocycles. The van der Waals surface area contributed by atoms with E-state index in [1.165, 1.54) is 4.90 Å². The highest BCUT2D eigenvalue weighted by Crippen LogP contribution is 2.16. The number of rotatable bonds is 7. The van der Waals surface area contributed by atoms with E-state index in [-0.39, 0.29) is 29.7 Å². The van der Waals surface area contributed by atoms with Gasteiger partial charge in [0.05, 0.1) is 5.56 Å². The lowest BCUT2D eigenvalue weighted by atomic mass is 9.93. The molecule has 0 spiro atoms. The highest BCUT2D eigenvalue weighted by atomic mass is 19.1. The van der Waals surface area contributed by atoms with Gasteiger partial charge in [-0.2, -0.15) is 0 Å². The second-order valence-electron chi connectivity index (χ2n) is 6.17. The number of carbonyl (C=O) groups is 2. The number of hydrogen-bond acceptors (Lipinski definition) is 3. The monoisotopic (exact) mass is 312 g/mol. The zero-order chi connectivity index (χ0) is 16.9. The van der Waals surface area contributed by atoms with Crippen molar-refractivity contribution in [2.45, 2.75) is 26.7 Å². The van der Waals surface area contributed by atoms with Crippen LogP contribution in [0.3, 0.4) is 0 Å². The van der Waals surface area contributed by atoms with Gasteiger partial charge in [0.2, 0.25) is 5.91 Å². The van der Waals surface area contributed by atoms with Crippen LogP contribution >= 0.6 is 0 Å². The molecule has 0 radical (unpaired) electrons. The van der Waals surface area contributed by atoms with Gasteiger partial charge in [-0.15, -0.1) is 0 Å². The van der Waals surface area contributed by atoms with Crippen molar-refractivity contribution < 1.29 is 18.4 Å². The van der Waals surface area contributed by atoms with Gasteiger partial charge in [-0.05, 0) is 24.1 Å². The summed E-state index contributed by atoms with van der Waals surface area (Å²) >= 11 is 0. The number of amides is 1. The Morgan fingerprint density at radius 2 is 1.86 bits per heavy atom. The lowest BCUT2D eigenvalue weighted by molar-refractivity contribution is -0.131. The maximum atomic E-state index is 13.5. The highest BCUT2D eigenvalue weighted by Gasteiger charge is 2.22. The summed E-state index contributed by atoms with van der Waals surface area (Å²) in [6.07, 6.45) is -0.137. The normalized spacial score (nSPS) is 11.4. The van der Waals surface area contributed by atoms with Crippen LogP contribution in [-0.2, 0) is 4.79 Å². The molecule has 0 atom stereocenters. The molecule has 1 amide bonds. The van der Waals surface area contributed by atoms with Crippen molar-refractivity contribution >= 4 is 11.7 Å². The van der Waals surface area contributed by atoms with Crippen molar-refractivity contribution in [2.24, 2.45) is 11.1 Å². The lowest BCUT2D eigenvalue weighted by Gasteiger charge is -2.29. The summed E-state index contributed by atoms with van der Waals surface area (Å²) in [5.74, 6) is -2.38. The number of halogens is 2. The van der Waals surface area contributed by atoms with E-state index in [4.69, 9.17) is 5.73 Å². The van der Waals surface area contributed by atoms with E-state index >= 15 is 0 Å². The van der Waals surface area contributed by atoms with Crippen LogP contribution in [0.1, 0.15) is 37.0 Å². The molecule has 22 heavy (non-hydrogen) atoms. The quantitative estimate of drug-likeness (QED) is 0.786. The van der Waals surface area contributed by atoms with Crippen LogP contribution < -0.4 is 5.73 Å². The summed E-state index contributed by atoms with van der Waals surface area (Å²) in [7, 11) is 1.64. The summed E-state index contributed by atoms with van der Waals surface area (Å²) < 4.78 is 26.3. The van der Waals surface area contributed by atoms with Gasteiger partial charge in [-0.25, -0.2) is 8.78 Å². The molecule has 0 unspecified atom stereocenters. The molecule has 2 N–H and O–H groups in total. The molecule has 0 aromatic heterocycles. The number of carbonyl (C=O) groups excluding carboxylic acids is 2. The molecule has 1 rings (SSSR count). The first kappa shape index (κ1) is 18.2. The third-order valence-electron chi connectivity index (χ3n) is 3.44. The predicted molar refractivity (Wildman–Crippen MR) is 80.4 cm³/mol. The molecule has 0 aliphatic carbocycles. The second kappa shape index (κ2) is 7.45. The molecule has 0 fully saturated rings. The standard InChI is InChI=1S/C16H22F2N2O2/c1-16(2,9-19)10-20(3)15(22)7-6-14(21)12-5-4-11(17)8-13(12)18/h4-5,8H,6-7,9-10,19H2,1-3H3. The number of Topliss-reactive ketones (excluding diaryl/α,β-unsaturated/α-hetero) is 1. The van der Waals surface area contributed by atoms with E-state index < -0.39 is 17.4 Å². The van der Waals surface area contributed by atoms with Gasteiger partial charge >= 0.3 is 0 Å². The number of nitrogens with zero attached hydrogens (tertiary/aromatic N) is 1. The van der Waals surface area contributed by atoms with Gasteiger partial charge in [0.1, 0.15) is 11.6 Å². The Morgan fingerprint density at radius 1 is 1.23 bits per heavy atom. The minimum Gasteiger partial charge on any atom is -0.345 e. The molecule has 0 saturated carbocycles. The van der Waals surface area contributed by atoms with Crippen LogP contribution in [0.25, 0.3) is 0 Å². The van der Waals surface area contributed by atoms with Gasteiger partial charge < -0.3 is 10.6 Å². The smallest absolute Gasteiger partial charge is 0.222 e. The zero-order valence-corrected chi connectivity index (χ0v) is 13.2. The van der Waals surface area contributed by atoms with E-state index in [0.717, 1.165) is 12.1 Å². The Kier molecular flexibility index (Phi) is 6.17. The Balaban J connectivity index is 2.58. The fraction of sp³-hybridized carbons (Fsp3) is 0.500. The molecule has 0 saturated heterocycles. The Labute approximate surface area is 129 Å². The van der Waals surface area contributed by atoms with Crippen molar-refractivity contribution in [1.82, 2.24) is 4.90 Å². The maximum absolute atomic E-state index is 13.5. The average molecular weight is 312 g/mol. The summed E-state index contributed by atoms with van der Waals surface area (Å²) in [6, 6.07) is 2.78. The SMILES string of the molecule is CN(CC(C)(C)CN)C(=O)CCC(=O)c1ccc(F)cc1F. The van der Waals surface area contributed by atoms with Gasteiger partial charge in [-0.1, -0.05) is 13.8 Å². The third-order valence-corrected chi connectivity index (χ3v) is 3.44. The van der Waals surface area contributed by atoms with Crippen molar-refractivity contribution in [3.05, 3.63) is 35.4 Å². The van der Waals surface area contributed by atoms with Crippen molar-refractivity contribution in [2.75, 3.05) is 20.1 Å². The molecule has 122 valence electrons. The molecule has 4 nitrogen and oxygen atoms in total. The van der Waals surface area contributed by atoms with E-state index in [1.807, 2.05) is 13.8 Å². The highest BCUT2D eigenvalue weighted by molar-refractivity contribution is 5.98. The van der Waals surface area contributed by atoms with E-state index in [2.05, 4.69) is 0 Å². The van der Waals surface area contributed by atoms with Gasteiger partial charge in [-0.3, -0.25) is 9.59 Å². The van der Waals surface area contributed by atoms with E-state index in [0.29, 0.717) is 19.2 Å². The first-order valence-corrected chi connectivity index (χ1v) is 7.08. The zero-order valence-electron chi connectivity index (χ0n) is 13.2. The number of nitrogens with two attached hydrogens (primary N) is 1. The molecule has 6 heteroatoms. The van der Waals surface area contributed by atoms with Crippen LogP contribution in [-0.4, -0.2) is 36.7 Å². The fourth-order valence-corrected chi connectivity index (χ4v) is 2.06. The van der Waals surface area contributed by atoms with Gasteiger partial charge in [0.15, 0.2) is 5.78 Å². The Morgan fingerprint density at radius 3 is 2.41 bits per heavy atom. The minimum absolute atomic E-state index is 0.0210. The summed E-state index contributed by atoms with van der Waals surface area (Å²) in [5.41, 5.74) is 5.21. The minimum atomic E-state index is -0.907. The molecule has 0 heterocycles. The number of benzene rings is 1. The summed E-state index contributed by atoms with van der Waals surface area (Å²) in [4.78, 5) is 25.4. The second-order valence-corrected chi connectivity index (χ2v) is 6.17. The van der Waals surface area contributed by atoms with E-state index in [9.17, 15) is 18.4 Å². The third kappa shape index (κ3) is 5.18. The molecular weight excluding hydrogens is 290 g/mol. The molecular formula is C16H22F2N2O2. The van der Waals surface area contributed by atoms with Gasteiger partial charge in [0.25, 0.3) is 0 Å². The maximum Gasteiger partial charge on any atom is 0.222 e. The van der Waals surface area contributed by atoms with Crippen molar-refractivity contribution in [3.63, 3.8) is 0 Å². The molecule has 0 bridgehead atoms. The van der Waals surface area contributed by atoms with Crippen LogP contribution in [0.15, 0.2) is 18.2 Å². The Bertz CT molecular complexity index is 559. The topological polar surface area (TPSA) is 63.4 Å². The number of ketones is 1. The van der Waals surface area contributed by atoms with Crippen LogP contribution in [0.2, 0.25) is 0 Å². The van der Waals surface area contributed by atoms with Crippen LogP contribution in [0.4, 0.5) is 8.78 Å². The average Bonchev–Trinajstić information content (AvgIpc) is 2.43. The molecule has 1 aromatic rings. The Hall–Kier alpha value is -1.82. The predicted octanol–water partition coefficient (Wildman–Crippen LogP) is 2.37. The van der Waals surface area contributed by atoms with Crippen molar-refractivity contribution in [1.29, 1.82) is 0 Å². The lowest BCUT2D eigenvalue weighted by Crippen LogP contribution is -2.39. The van der Waals surface area contributed by atoms with E-state index in [1.54, 1.807) is 7.05 Å². The largest absolute Gasteiger partial charge is 0.345 e. The van der Waals surface area contributed by atoms with Crippen LogP contribution in [0.5, 0.6) is 0 Å². The first-order chi connectivity index (χ1) is 10.2.